The number of nitrogens with one attached hydrogen (secondary N) is 1. The van der Waals surface area contributed by atoms with Gasteiger partial charge in [-0.25, -0.2) is 0 Å². The summed E-state index contributed by atoms with van der Waals surface area (Å²) in [6, 6.07) is 7.40. The molecule has 0 aliphatic heterocycles. The first-order valence-electron chi connectivity index (χ1n) is 8.08. The van der Waals surface area contributed by atoms with E-state index in [4.69, 9.17) is 4.74 Å². The molecule has 1 N–H and O–H groups in total. The van der Waals surface area contributed by atoms with Crippen molar-refractivity contribution in [3.63, 3.8) is 0 Å². The Balaban J connectivity index is 1.76. The monoisotopic (exact) mass is 273 g/mol. The van der Waals surface area contributed by atoms with E-state index < -0.39 is 0 Å². The van der Waals surface area contributed by atoms with E-state index in [1.165, 1.54) is 56.2 Å². The predicted molar refractivity (Wildman–Crippen MR) is 83.4 cm³/mol. The van der Waals surface area contributed by atoms with Gasteiger partial charge in [0.1, 0.15) is 5.75 Å². The van der Waals surface area contributed by atoms with Crippen molar-refractivity contribution < 1.29 is 4.74 Å². The summed E-state index contributed by atoms with van der Waals surface area (Å²) in [5.74, 6) is 1.06. The van der Waals surface area contributed by atoms with Gasteiger partial charge in [0.05, 0.1) is 7.11 Å². The van der Waals surface area contributed by atoms with Gasteiger partial charge in [0.2, 0.25) is 0 Å². The van der Waals surface area contributed by atoms with Crippen molar-refractivity contribution in [1.29, 1.82) is 0 Å². The van der Waals surface area contributed by atoms with Crippen LogP contribution in [0.5, 0.6) is 5.75 Å². The van der Waals surface area contributed by atoms with Crippen LogP contribution in [0.2, 0.25) is 0 Å². The fraction of sp³-hybridized carbons (Fsp3) is 0.667. The second-order valence-corrected chi connectivity index (χ2v) is 6.85. The molecule has 0 spiro atoms. The number of benzene rings is 1. The molecule has 2 aliphatic carbocycles. The van der Waals surface area contributed by atoms with Gasteiger partial charge in [-0.2, -0.15) is 0 Å². The third-order valence-electron chi connectivity index (χ3n) is 5.01. The summed E-state index contributed by atoms with van der Waals surface area (Å²) in [4.78, 5) is 0. The van der Waals surface area contributed by atoms with Crippen molar-refractivity contribution >= 4 is 0 Å². The first kappa shape index (κ1) is 13.9. The lowest BCUT2D eigenvalue weighted by atomic mass is 9.79. The van der Waals surface area contributed by atoms with E-state index in [0.717, 1.165) is 18.2 Å². The topological polar surface area (TPSA) is 21.3 Å². The number of methoxy groups -OCH3 is 1. The molecular weight excluding hydrogens is 246 g/mol. The second-order valence-electron chi connectivity index (χ2n) is 6.85. The van der Waals surface area contributed by atoms with Crippen molar-refractivity contribution in [2.45, 2.75) is 57.9 Å². The van der Waals surface area contributed by atoms with Gasteiger partial charge < -0.3 is 10.1 Å². The standard InChI is InChI=1S/C18H27NO/c1-14-5-8-17(20-2)15(11-14)12-18(9-3-4-10-18)13-19-16-6-7-16/h5,8,11,16,19H,3-4,6-7,9-10,12-13H2,1-2H3. The molecule has 0 radical (unpaired) electrons. The first-order chi connectivity index (χ1) is 9.71. The molecule has 0 amide bonds. The molecule has 2 fully saturated rings. The quantitative estimate of drug-likeness (QED) is 0.850. The second kappa shape index (κ2) is 5.77. The van der Waals surface area contributed by atoms with Crippen LogP contribution in [0, 0.1) is 12.3 Å². The van der Waals surface area contributed by atoms with Gasteiger partial charge in [-0.15, -0.1) is 0 Å². The van der Waals surface area contributed by atoms with Crippen molar-refractivity contribution in [1.82, 2.24) is 5.32 Å². The van der Waals surface area contributed by atoms with E-state index >= 15 is 0 Å². The Hall–Kier alpha value is -1.02. The van der Waals surface area contributed by atoms with Gasteiger partial charge in [0.25, 0.3) is 0 Å². The maximum absolute atomic E-state index is 5.57. The van der Waals surface area contributed by atoms with Crippen molar-refractivity contribution in [3.05, 3.63) is 29.3 Å². The molecule has 1 aromatic carbocycles. The number of ether oxygens (including phenoxy) is 1. The summed E-state index contributed by atoms with van der Waals surface area (Å²) in [5, 5.41) is 3.77. The number of aryl methyl sites for hydroxylation is 1. The van der Waals surface area contributed by atoms with Crippen molar-refractivity contribution in [2.24, 2.45) is 5.41 Å². The largest absolute Gasteiger partial charge is 0.496 e. The molecule has 0 heterocycles. The zero-order chi connectivity index (χ0) is 14.0. The van der Waals surface area contributed by atoms with Crippen LogP contribution in [-0.2, 0) is 6.42 Å². The van der Waals surface area contributed by atoms with Gasteiger partial charge in [0, 0.05) is 12.6 Å². The van der Waals surface area contributed by atoms with Crippen LogP contribution < -0.4 is 10.1 Å². The minimum Gasteiger partial charge on any atom is -0.496 e. The van der Waals surface area contributed by atoms with E-state index in [1.807, 2.05) is 0 Å². The summed E-state index contributed by atoms with van der Waals surface area (Å²) < 4.78 is 5.57. The van der Waals surface area contributed by atoms with Crippen LogP contribution in [0.4, 0.5) is 0 Å². The maximum atomic E-state index is 5.57. The molecule has 2 nitrogen and oxygen atoms in total. The lowest BCUT2D eigenvalue weighted by molar-refractivity contribution is 0.272. The van der Waals surface area contributed by atoms with E-state index in [9.17, 15) is 0 Å². The Bertz CT molecular complexity index is 458. The van der Waals surface area contributed by atoms with Crippen LogP contribution in [-0.4, -0.2) is 19.7 Å². The Morgan fingerprint density at radius 3 is 2.65 bits per heavy atom. The summed E-state index contributed by atoms with van der Waals surface area (Å²) >= 11 is 0. The van der Waals surface area contributed by atoms with Crippen LogP contribution in [0.1, 0.15) is 49.7 Å². The highest BCUT2D eigenvalue weighted by atomic mass is 16.5. The summed E-state index contributed by atoms with van der Waals surface area (Å²) in [7, 11) is 1.79. The van der Waals surface area contributed by atoms with Crippen LogP contribution in [0.15, 0.2) is 18.2 Å². The highest BCUT2D eigenvalue weighted by molar-refractivity contribution is 5.37. The van der Waals surface area contributed by atoms with Crippen LogP contribution >= 0.6 is 0 Å². The Kier molecular flexibility index (Phi) is 4.02. The van der Waals surface area contributed by atoms with E-state index in [1.54, 1.807) is 7.11 Å². The van der Waals surface area contributed by atoms with E-state index in [-0.39, 0.29) is 0 Å². The summed E-state index contributed by atoms with van der Waals surface area (Å²) in [6.45, 7) is 3.36. The molecule has 20 heavy (non-hydrogen) atoms. The van der Waals surface area contributed by atoms with Crippen molar-refractivity contribution in [2.75, 3.05) is 13.7 Å². The minimum absolute atomic E-state index is 0.462. The van der Waals surface area contributed by atoms with E-state index in [2.05, 4.69) is 30.4 Å². The Labute approximate surface area is 122 Å². The molecule has 3 rings (SSSR count). The zero-order valence-electron chi connectivity index (χ0n) is 12.9. The Morgan fingerprint density at radius 1 is 1.25 bits per heavy atom. The number of hydrogen-bond donors (Lipinski definition) is 1. The maximum Gasteiger partial charge on any atom is 0.122 e. The fourth-order valence-electron chi connectivity index (χ4n) is 3.64. The van der Waals surface area contributed by atoms with Gasteiger partial charge in [-0.1, -0.05) is 30.5 Å². The van der Waals surface area contributed by atoms with Crippen molar-refractivity contribution in [3.8, 4) is 5.75 Å². The summed E-state index contributed by atoms with van der Waals surface area (Å²) in [5.41, 5.74) is 3.19. The molecule has 0 atom stereocenters. The third kappa shape index (κ3) is 3.17. The van der Waals surface area contributed by atoms with Gasteiger partial charge in [0.15, 0.2) is 0 Å². The van der Waals surface area contributed by atoms with Gasteiger partial charge in [-0.05, 0) is 56.1 Å². The fourth-order valence-corrected chi connectivity index (χ4v) is 3.64. The van der Waals surface area contributed by atoms with Gasteiger partial charge >= 0.3 is 0 Å². The SMILES string of the molecule is COc1ccc(C)cc1CC1(CNC2CC2)CCCC1. The summed E-state index contributed by atoms with van der Waals surface area (Å²) in [6.07, 6.45) is 9.43. The van der Waals surface area contributed by atoms with Crippen LogP contribution in [0.25, 0.3) is 0 Å². The molecule has 0 bridgehead atoms. The molecule has 0 saturated heterocycles. The third-order valence-corrected chi connectivity index (χ3v) is 5.01. The molecule has 2 saturated carbocycles. The predicted octanol–water partition coefficient (Wildman–Crippen LogP) is 3.86. The molecule has 110 valence electrons. The smallest absolute Gasteiger partial charge is 0.122 e. The minimum atomic E-state index is 0.462. The number of hydrogen-bond acceptors (Lipinski definition) is 2. The molecule has 1 aromatic rings. The molecular formula is C18H27NO. The van der Waals surface area contributed by atoms with E-state index in [0.29, 0.717) is 5.41 Å². The lowest BCUT2D eigenvalue weighted by Crippen LogP contribution is -2.35. The highest BCUT2D eigenvalue weighted by Crippen LogP contribution is 2.42. The average molecular weight is 273 g/mol. The molecule has 2 heteroatoms. The molecule has 0 unspecified atom stereocenters. The lowest BCUT2D eigenvalue weighted by Gasteiger charge is -2.30. The molecule has 0 aromatic heterocycles. The van der Waals surface area contributed by atoms with Gasteiger partial charge in [-0.3, -0.25) is 0 Å². The number of rotatable bonds is 6. The highest BCUT2D eigenvalue weighted by Gasteiger charge is 2.36. The average Bonchev–Trinajstić information content (AvgIpc) is 3.17. The van der Waals surface area contributed by atoms with Crippen LogP contribution in [0.3, 0.4) is 0 Å². The normalized spacial score (nSPS) is 21.1. The Morgan fingerprint density at radius 2 is 2.00 bits per heavy atom. The zero-order valence-corrected chi connectivity index (χ0v) is 12.9. The first-order valence-corrected chi connectivity index (χ1v) is 8.08. The molecule has 2 aliphatic rings.